The van der Waals surface area contributed by atoms with E-state index in [9.17, 15) is 0 Å². The first-order valence-electron chi connectivity index (χ1n) is 9.97. The van der Waals surface area contributed by atoms with E-state index in [1.165, 1.54) is 25.7 Å². The van der Waals surface area contributed by atoms with Crippen LogP contribution >= 0.6 is 11.6 Å². The van der Waals surface area contributed by atoms with Crippen LogP contribution in [0.5, 0.6) is 0 Å². The van der Waals surface area contributed by atoms with Crippen molar-refractivity contribution >= 4 is 23.4 Å². The fourth-order valence-electron chi connectivity index (χ4n) is 4.39. The molecule has 2 fully saturated rings. The van der Waals surface area contributed by atoms with E-state index in [1.54, 1.807) is 12.4 Å². The van der Waals surface area contributed by atoms with E-state index < -0.39 is 0 Å². The summed E-state index contributed by atoms with van der Waals surface area (Å²) in [5, 5.41) is 13.0. The molecule has 0 amide bonds. The Kier molecular flexibility index (Phi) is 5.63. The van der Waals surface area contributed by atoms with Crippen molar-refractivity contribution in [2.75, 3.05) is 29.9 Å². The highest BCUT2D eigenvalue weighted by Crippen LogP contribution is 2.49. The number of aryl methyl sites for hydroxylation is 1. The van der Waals surface area contributed by atoms with Gasteiger partial charge in [-0.05, 0) is 62.5 Å². The number of hydrogen-bond donors (Lipinski definition) is 1. The molecule has 1 saturated carbocycles. The molecule has 3 heterocycles. The Hall–Kier alpha value is -2.39. The van der Waals surface area contributed by atoms with Gasteiger partial charge in [-0.15, -0.1) is 0 Å². The fraction of sp³-hybridized carbons (Fsp3) is 0.524. The summed E-state index contributed by atoms with van der Waals surface area (Å²) in [6.45, 7) is 4.89. The number of anilines is 2. The van der Waals surface area contributed by atoms with Gasteiger partial charge in [0.15, 0.2) is 0 Å². The predicted octanol–water partition coefficient (Wildman–Crippen LogP) is 4.06. The van der Waals surface area contributed by atoms with E-state index in [0.717, 1.165) is 54.8 Å². The molecule has 2 atom stereocenters. The predicted molar refractivity (Wildman–Crippen MR) is 110 cm³/mol. The number of nitrogens with zero attached hydrogens (tertiary/aromatic N) is 5. The summed E-state index contributed by atoms with van der Waals surface area (Å²) in [7, 11) is 0. The molecule has 6 nitrogen and oxygen atoms in total. The highest BCUT2D eigenvalue weighted by atomic mass is 35.5. The van der Waals surface area contributed by atoms with E-state index in [-0.39, 0.29) is 0 Å². The maximum atomic E-state index is 9.07. The third-order valence-electron chi connectivity index (χ3n) is 5.92. The first kappa shape index (κ1) is 18.9. The van der Waals surface area contributed by atoms with E-state index in [0.29, 0.717) is 10.6 Å². The molecule has 0 radical (unpaired) electrons. The summed E-state index contributed by atoms with van der Waals surface area (Å²) >= 11 is 5.88. The van der Waals surface area contributed by atoms with Crippen LogP contribution in [0, 0.1) is 36.0 Å². The zero-order chi connectivity index (χ0) is 19.5. The molecule has 2 aromatic heterocycles. The monoisotopic (exact) mass is 396 g/mol. The number of rotatable bonds is 6. The number of hydrogen-bond acceptors (Lipinski definition) is 6. The van der Waals surface area contributed by atoms with Crippen LogP contribution in [-0.2, 0) is 0 Å². The van der Waals surface area contributed by atoms with Gasteiger partial charge >= 0.3 is 0 Å². The largest absolute Gasteiger partial charge is 0.370 e. The number of halogens is 1. The van der Waals surface area contributed by atoms with Gasteiger partial charge in [-0.2, -0.15) is 5.26 Å². The summed E-state index contributed by atoms with van der Waals surface area (Å²) in [5.74, 6) is 4.09. The standard InChI is InChI=1S/C21H25ClN6/c1-14-8-15(11-23)9-20(27-14)24-5-2-17-10-19(17)16-3-6-28(7-4-16)21-25-12-18(22)13-26-21/h8-9,12-13,16-17,19H,2-7,10H2,1H3,(H,24,27). The minimum Gasteiger partial charge on any atom is -0.370 e. The van der Waals surface area contributed by atoms with Crippen LogP contribution in [0.1, 0.15) is 36.9 Å². The molecule has 2 aromatic rings. The third kappa shape index (κ3) is 4.53. The molecule has 2 aliphatic rings. The van der Waals surface area contributed by atoms with Gasteiger partial charge in [0.2, 0.25) is 5.95 Å². The summed E-state index contributed by atoms with van der Waals surface area (Å²) in [6, 6.07) is 5.82. The smallest absolute Gasteiger partial charge is 0.225 e. The van der Waals surface area contributed by atoms with Gasteiger partial charge in [-0.3, -0.25) is 0 Å². The van der Waals surface area contributed by atoms with Crippen molar-refractivity contribution in [3.8, 4) is 6.07 Å². The molecule has 1 N–H and O–H groups in total. The van der Waals surface area contributed by atoms with Crippen molar-refractivity contribution in [3.05, 3.63) is 40.8 Å². The van der Waals surface area contributed by atoms with Crippen molar-refractivity contribution in [3.63, 3.8) is 0 Å². The first-order chi connectivity index (χ1) is 13.6. The quantitative estimate of drug-likeness (QED) is 0.793. The number of pyridine rings is 1. The van der Waals surface area contributed by atoms with Crippen LogP contribution in [0.25, 0.3) is 0 Å². The molecular formula is C21H25ClN6. The summed E-state index contributed by atoms with van der Waals surface area (Å²) in [5.41, 5.74) is 1.54. The molecule has 0 bridgehead atoms. The summed E-state index contributed by atoms with van der Waals surface area (Å²) in [6.07, 6.45) is 8.28. The Morgan fingerprint density at radius 3 is 2.71 bits per heavy atom. The SMILES string of the molecule is Cc1cc(C#N)cc(NCCC2CC2C2CCN(c3ncc(Cl)cn3)CC2)n1. The van der Waals surface area contributed by atoms with Crippen molar-refractivity contribution in [1.29, 1.82) is 5.26 Å². The molecule has 4 rings (SSSR count). The van der Waals surface area contributed by atoms with Crippen molar-refractivity contribution < 1.29 is 0 Å². The minimum atomic E-state index is 0.581. The average Bonchev–Trinajstić information content (AvgIpc) is 3.48. The number of aromatic nitrogens is 3. The van der Waals surface area contributed by atoms with Crippen molar-refractivity contribution in [2.45, 2.75) is 32.6 Å². The molecule has 1 saturated heterocycles. The molecule has 28 heavy (non-hydrogen) atoms. The maximum absolute atomic E-state index is 9.07. The number of nitrogens with one attached hydrogen (secondary N) is 1. The molecule has 1 aliphatic heterocycles. The molecule has 1 aliphatic carbocycles. The van der Waals surface area contributed by atoms with Crippen molar-refractivity contribution in [1.82, 2.24) is 15.0 Å². The van der Waals surface area contributed by atoms with Crippen molar-refractivity contribution in [2.24, 2.45) is 17.8 Å². The number of piperidine rings is 1. The van der Waals surface area contributed by atoms with Gasteiger partial charge in [0.05, 0.1) is 29.0 Å². The highest BCUT2D eigenvalue weighted by molar-refractivity contribution is 6.30. The molecule has 0 spiro atoms. The van der Waals surface area contributed by atoms with Gasteiger partial charge in [-0.25, -0.2) is 15.0 Å². The van der Waals surface area contributed by atoms with Crippen LogP contribution in [0.4, 0.5) is 11.8 Å². The molecular weight excluding hydrogens is 372 g/mol. The molecule has 7 heteroatoms. The lowest BCUT2D eigenvalue weighted by Crippen LogP contribution is -2.35. The summed E-state index contributed by atoms with van der Waals surface area (Å²) in [4.78, 5) is 15.4. The fourth-order valence-corrected chi connectivity index (χ4v) is 4.48. The first-order valence-corrected chi connectivity index (χ1v) is 10.4. The molecule has 0 aromatic carbocycles. The van der Waals surface area contributed by atoms with Gasteiger partial charge in [0.25, 0.3) is 0 Å². The van der Waals surface area contributed by atoms with Crippen LogP contribution in [-0.4, -0.2) is 34.6 Å². The summed E-state index contributed by atoms with van der Waals surface area (Å²) < 4.78 is 0. The Balaban J connectivity index is 1.20. The van der Waals surface area contributed by atoms with E-state index in [1.807, 2.05) is 19.1 Å². The number of nitriles is 1. The zero-order valence-corrected chi connectivity index (χ0v) is 16.9. The van der Waals surface area contributed by atoms with Gasteiger partial charge in [0.1, 0.15) is 5.82 Å². The second-order valence-electron chi connectivity index (χ2n) is 7.90. The van der Waals surface area contributed by atoms with E-state index >= 15 is 0 Å². The van der Waals surface area contributed by atoms with Gasteiger partial charge in [-0.1, -0.05) is 11.6 Å². The van der Waals surface area contributed by atoms with Gasteiger partial charge in [0, 0.05) is 25.3 Å². The normalized spacial score (nSPS) is 22.0. The third-order valence-corrected chi connectivity index (χ3v) is 6.11. The second kappa shape index (κ2) is 8.32. The Morgan fingerprint density at radius 1 is 1.25 bits per heavy atom. The Labute approximate surface area is 171 Å². The lowest BCUT2D eigenvalue weighted by atomic mass is 9.90. The van der Waals surface area contributed by atoms with Crippen LogP contribution in [0.15, 0.2) is 24.5 Å². The lowest BCUT2D eigenvalue weighted by Gasteiger charge is -2.32. The average molecular weight is 397 g/mol. The molecule has 146 valence electrons. The maximum Gasteiger partial charge on any atom is 0.225 e. The minimum absolute atomic E-state index is 0.581. The topological polar surface area (TPSA) is 77.7 Å². The van der Waals surface area contributed by atoms with Crippen LogP contribution < -0.4 is 10.2 Å². The van der Waals surface area contributed by atoms with Crippen LogP contribution in [0.3, 0.4) is 0 Å². The van der Waals surface area contributed by atoms with Crippen LogP contribution in [0.2, 0.25) is 5.02 Å². The Bertz CT molecular complexity index is 854. The molecule has 2 unspecified atom stereocenters. The lowest BCUT2D eigenvalue weighted by molar-refractivity contribution is 0.343. The zero-order valence-electron chi connectivity index (χ0n) is 16.1. The van der Waals surface area contributed by atoms with Gasteiger partial charge < -0.3 is 10.2 Å². The second-order valence-corrected chi connectivity index (χ2v) is 8.33. The highest BCUT2D eigenvalue weighted by Gasteiger charge is 2.43. The van der Waals surface area contributed by atoms with E-state index in [4.69, 9.17) is 16.9 Å². The van der Waals surface area contributed by atoms with E-state index in [2.05, 4.69) is 31.2 Å². The Morgan fingerprint density at radius 2 is 2.00 bits per heavy atom.